The first-order valence-electron chi connectivity index (χ1n) is 10.9. The van der Waals surface area contributed by atoms with E-state index in [1.807, 2.05) is 24.0 Å². The van der Waals surface area contributed by atoms with Crippen LogP contribution in [0.5, 0.6) is 0 Å². The van der Waals surface area contributed by atoms with Crippen LogP contribution in [0.3, 0.4) is 0 Å². The summed E-state index contributed by atoms with van der Waals surface area (Å²) in [5.74, 6) is 0.189. The minimum absolute atomic E-state index is 0.0637. The highest BCUT2D eigenvalue weighted by molar-refractivity contribution is 8.26. The number of thioether (sulfide) groups is 1. The van der Waals surface area contributed by atoms with Crippen LogP contribution in [0.15, 0.2) is 34.0 Å². The number of rotatable bonds is 4. The van der Waals surface area contributed by atoms with Crippen molar-refractivity contribution in [3.63, 3.8) is 0 Å². The average molecular weight is 498 g/mol. The Morgan fingerprint density at radius 1 is 1.18 bits per heavy atom. The van der Waals surface area contributed by atoms with Crippen molar-refractivity contribution in [1.29, 1.82) is 5.26 Å². The van der Waals surface area contributed by atoms with Crippen molar-refractivity contribution < 1.29 is 9.18 Å². The van der Waals surface area contributed by atoms with Crippen LogP contribution in [0.2, 0.25) is 0 Å². The van der Waals surface area contributed by atoms with E-state index in [0.29, 0.717) is 64.6 Å². The second-order valence-electron chi connectivity index (χ2n) is 8.06. The van der Waals surface area contributed by atoms with Crippen molar-refractivity contribution >= 4 is 51.8 Å². The number of nitriles is 1. The van der Waals surface area contributed by atoms with E-state index in [4.69, 9.17) is 12.2 Å². The van der Waals surface area contributed by atoms with Gasteiger partial charge in [0, 0.05) is 45.3 Å². The number of likely N-dealkylation sites (N-methyl/N-ethyl adjacent to an activating group) is 1. The highest BCUT2D eigenvalue weighted by Crippen LogP contribution is 2.35. The summed E-state index contributed by atoms with van der Waals surface area (Å²) in [6, 6.07) is 8.72. The Morgan fingerprint density at radius 2 is 1.82 bits per heavy atom. The summed E-state index contributed by atoms with van der Waals surface area (Å²) in [5, 5.41) is 9.69. The van der Waals surface area contributed by atoms with Crippen molar-refractivity contribution in [3.8, 4) is 6.07 Å². The molecule has 0 spiro atoms. The number of thiocarbonyl (C=S) groups is 1. The van der Waals surface area contributed by atoms with E-state index < -0.39 is 0 Å². The number of hydrogen-bond donors (Lipinski definition) is 0. The molecule has 1 amide bonds. The first kappa shape index (κ1) is 24.0. The van der Waals surface area contributed by atoms with Gasteiger partial charge in [0.25, 0.3) is 11.5 Å². The highest BCUT2D eigenvalue weighted by atomic mass is 32.2. The Balaban J connectivity index is 1.79. The predicted molar refractivity (Wildman–Crippen MR) is 138 cm³/mol. The fourth-order valence-corrected chi connectivity index (χ4v) is 5.48. The van der Waals surface area contributed by atoms with Crippen LogP contribution < -0.4 is 15.4 Å². The molecule has 0 bridgehead atoms. The number of nitrogens with zero attached hydrogens (tertiary/aromatic N) is 5. The number of amides is 1. The Hall–Kier alpha value is -3.16. The van der Waals surface area contributed by atoms with Crippen molar-refractivity contribution in [2.75, 3.05) is 43.0 Å². The third kappa shape index (κ3) is 4.10. The number of piperazine rings is 1. The summed E-state index contributed by atoms with van der Waals surface area (Å²) in [6.45, 7) is 6.18. The molecule has 3 heterocycles. The van der Waals surface area contributed by atoms with Crippen LogP contribution >= 0.6 is 24.0 Å². The lowest BCUT2D eigenvalue weighted by Crippen LogP contribution is -2.49. The van der Waals surface area contributed by atoms with E-state index in [9.17, 15) is 19.2 Å². The summed E-state index contributed by atoms with van der Waals surface area (Å²) in [5.41, 5.74) is 1.46. The molecule has 0 aliphatic carbocycles. The van der Waals surface area contributed by atoms with Crippen LogP contribution in [0, 0.1) is 24.1 Å². The summed E-state index contributed by atoms with van der Waals surface area (Å²) in [4.78, 5) is 31.7. The minimum Gasteiger partial charge on any atom is -0.366 e. The normalized spacial score (nSPS) is 17.6. The number of hydrogen-bond acceptors (Lipinski definition) is 7. The van der Waals surface area contributed by atoms with E-state index in [2.05, 4.69) is 4.90 Å². The van der Waals surface area contributed by atoms with Crippen LogP contribution in [0.1, 0.15) is 23.6 Å². The predicted octanol–water partition coefficient (Wildman–Crippen LogP) is 3.35. The monoisotopic (exact) mass is 497 g/mol. The number of carbonyl (C=O) groups excluding carboxylic acids is 1. The van der Waals surface area contributed by atoms with Crippen molar-refractivity contribution in [2.24, 2.45) is 0 Å². The number of carbonyl (C=O) groups is 1. The first-order chi connectivity index (χ1) is 16.3. The van der Waals surface area contributed by atoms with Crippen LogP contribution in [0.25, 0.3) is 6.08 Å². The number of benzene rings is 1. The maximum atomic E-state index is 14.3. The maximum absolute atomic E-state index is 14.3. The first-order valence-corrected chi connectivity index (χ1v) is 12.1. The van der Waals surface area contributed by atoms with Gasteiger partial charge in [-0.05, 0) is 37.6 Å². The Labute approximate surface area is 207 Å². The lowest BCUT2D eigenvalue weighted by molar-refractivity contribution is -0.121. The summed E-state index contributed by atoms with van der Waals surface area (Å²) in [6.07, 6.45) is 1.74. The summed E-state index contributed by atoms with van der Waals surface area (Å²) in [7, 11) is 1.63. The number of anilines is 2. The molecule has 1 aromatic heterocycles. The summed E-state index contributed by atoms with van der Waals surface area (Å²) >= 11 is 6.47. The molecule has 34 heavy (non-hydrogen) atoms. The van der Waals surface area contributed by atoms with Gasteiger partial charge in [-0.3, -0.25) is 19.1 Å². The molecule has 0 radical (unpaired) electrons. The Bertz CT molecular complexity index is 1310. The molecular weight excluding hydrogens is 473 g/mol. The Kier molecular flexibility index (Phi) is 6.77. The number of pyridine rings is 1. The van der Waals surface area contributed by atoms with Gasteiger partial charge >= 0.3 is 0 Å². The zero-order valence-electron chi connectivity index (χ0n) is 19.2. The SMILES string of the molecule is CCn1c(N2CCN(c3ccccc3F)CC2)c(/C=C2/SC(=S)N(C)C2=O)c(C)c(C#N)c1=O. The van der Waals surface area contributed by atoms with Gasteiger partial charge in [0.2, 0.25) is 0 Å². The molecule has 2 aliphatic heterocycles. The second-order valence-corrected chi connectivity index (χ2v) is 9.74. The van der Waals surface area contributed by atoms with Crippen molar-refractivity contribution in [2.45, 2.75) is 20.4 Å². The molecule has 0 saturated carbocycles. The van der Waals surface area contributed by atoms with E-state index in [0.717, 1.165) is 0 Å². The number of halogens is 1. The van der Waals surface area contributed by atoms with Gasteiger partial charge < -0.3 is 9.80 Å². The van der Waals surface area contributed by atoms with Crippen molar-refractivity contribution in [3.05, 3.63) is 62.0 Å². The highest BCUT2D eigenvalue weighted by Gasteiger charge is 2.31. The second kappa shape index (κ2) is 9.60. The molecule has 0 unspecified atom stereocenters. The van der Waals surface area contributed by atoms with E-state index >= 15 is 0 Å². The topological polar surface area (TPSA) is 72.6 Å². The maximum Gasteiger partial charge on any atom is 0.270 e. The fraction of sp³-hybridized carbons (Fsp3) is 0.333. The van der Waals surface area contributed by atoms with E-state index in [-0.39, 0.29) is 22.8 Å². The minimum atomic E-state index is -0.353. The largest absolute Gasteiger partial charge is 0.366 e. The van der Waals surface area contributed by atoms with Gasteiger partial charge in [-0.1, -0.05) is 36.1 Å². The van der Waals surface area contributed by atoms with Crippen LogP contribution in [-0.4, -0.2) is 52.9 Å². The van der Waals surface area contributed by atoms with Gasteiger partial charge in [0.1, 0.15) is 27.6 Å². The third-order valence-electron chi connectivity index (χ3n) is 6.20. The zero-order valence-corrected chi connectivity index (χ0v) is 20.8. The van der Waals surface area contributed by atoms with Crippen LogP contribution in [-0.2, 0) is 11.3 Å². The smallest absolute Gasteiger partial charge is 0.270 e. The summed E-state index contributed by atoms with van der Waals surface area (Å²) < 4.78 is 16.3. The molecule has 7 nitrogen and oxygen atoms in total. The molecule has 1 aromatic carbocycles. The lowest BCUT2D eigenvalue weighted by atomic mass is 10.0. The quantitative estimate of drug-likeness (QED) is 0.474. The van der Waals surface area contributed by atoms with Gasteiger partial charge in [0.15, 0.2) is 0 Å². The van der Waals surface area contributed by atoms with Crippen LogP contribution in [0.4, 0.5) is 15.9 Å². The molecule has 4 rings (SSSR count). The molecule has 176 valence electrons. The molecule has 2 aliphatic rings. The van der Waals surface area contributed by atoms with Gasteiger partial charge in [-0.2, -0.15) is 5.26 Å². The molecule has 0 atom stereocenters. The van der Waals surface area contributed by atoms with E-state index in [1.54, 1.807) is 36.7 Å². The van der Waals surface area contributed by atoms with Crippen molar-refractivity contribution in [1.82, 2.24) is 9.47 Å². The molecule has 0 N–H and O–H groups in total. The molecular formula is C24H24FN5O2S2. The number of aromatic nitrogens is 1. The zero-order chi connectivity index (χ0) is 24.6. The molecule has 2 fully saturated rings. The standard InChI is InChI=1S/C24H24FN5O2S2/c1-4-30-21(29-11-9-28(10-12-29)19-8-6-5-7-18(19)25)16(15(2)17(14-26)22(30)31)13-20-23(32)27(3)24(33)34-20/h5-8,13H,4,9-12H2,1-3H3/b20-13+. The molecule has 10 heteroatoms. The average Bonchev–Trinajstić information content (AvgIpc) is 3.08. The number of para-hydroxylation sites is 1. The van der Waals surface area contributed by atoms with Gasteiger partial charge in [-0.15, -0.1) is 0 Å². The van der Waals surface area contributed by atoms with Gasteiger partial charge in [0.05, 0.1) is 10.6 Å². The molecule has 2 aromatic rings. The Morgan fingerprint density at radius 3 is 2.38 bits per heavy atom. The van der Waals surface area contributed by atoms with E-state index in [1.165, 1.54) is 22.7 Å². The molecule has 2 saturated heterocycles. The lowest BCUT2D eigenvalue weighted by Gasteiger charge is -2.39. The third-order valence-corrected chi connectivity index (χ3v) is 7.68. The fourth-order valence-electron chi connectivity index (χ4n) is 4.32. The van der Waals surface area contributed by atoms with Gasteiger partial charge in [-0.25, -0.2) is 4.39 Å².